The third kappa shape index (κ3) is 5.80. The average molecular weight is 286 g/mol. The molecule has 1 rings (SSSR count). The van der Waals surface area contributed by atoms with Crippen LogP contribution in [0.4, 0.5) is 0 Å². The molecular weight excluding hydrogens is 256 g/mol. The average Bonchev–Trinajstić information content (AvgIpc) is 2.74. The molecule has 4 nitrogen and oxygen atoms in total. The van der Waals surface area contributed by atoms with Gasteiger partial charge in [-0.05, 0) is 53.4 Å². The van der Waals surface area contributed by atoms with Gasteiger partial charge in [0, 0.05) is 0 Å². The molecule has 1 saturated heterocycles. The van der Waals surface area contributed by atoms with Crippen LogP contribution in [0.25, 0.3) is 0 Å². The van der Waals surface area contributed by atoms with Gasteiger partial charge < -0.3 is 14.6 Å². The molecule has 118 valence electrons. The Morgan fingerprint density at radius 3 is 2.60 bits per heavy atom. The summed E-state index contributed by atoms with van der Waals surface area (Å²) in [7, 11) is 0. The number of carbonyl (C=O) groups is 1. The van der Waals surface area contributed by atoms with Gasteiger partial charge in [0.2, 0.25) is 0 Å². The molecule has 0 aromatic rings. The van der Waals surface area contributed by atoms with Crippen molar-refractivity contribution >= 4 is 5.97 Å². The topological polar surface area (TPSA) is 55.8 Å². The van der Waals surface area contributed by atoms with Crippen molar-refractivity contribution in [3.63, 3.8) is 0 Å². The van der Waals surface area contributed by atoms with Crippen molar-refractivity contribution in [2.24, 2.45) is 5.92 Å². The molecule has 0 saturated carbocycles. The van der Waals surface area contributed by atoms with Gasteiger partial charge in [-0.25, -0.2) is 0 Å². The van der Waals surface area contributed by atoms with Crippen molar-refractivity contribution in [1.82, 2.24) is 0 Å². The van der Waals surface area contributed by atoms with E-state index in [0.29, 0.717) is 6.42 Å². The van der Waals surface area contributed by atoms with Crippen LogP contribution in [0.5, 0.6) is 0 Å². The molecule has 0 amide bonds. The third-order valence-electron chi connectivity index (χ3n) is 3.63. The lowest BCUT2D eigenvalue weighted by atomic mass is 10.0. The molecule has 1 aliphatic rings. The van der Waals surface area contributed by atoms with E-state index in [-0.39, 0.29) is 30.2 Å². The van der Waals surface area contributed by atoms with Crippen molar-refractivity contribution in [3.05, 3.63) is 0 Å². The van der Waals surface area contributed by atoms with Crippen LogP contribution in [0.3, 0.4) is 0 Å². The van der Waals surface area contributed by atoms with Gasteiger partial charge in [-0.2, -0.15) is 0 Å². The first-order chi connectivity index (χ1) is 9.23. The second-order valence-corrected chi connectivity index (χ2v) is 6.87. The molecule has 1 heterocycles. The zero-order valence-electron chi connectivity index (χ0n) is 13.5. The van der Waals surface area contributed by atoms with Crippen LogP contribution in [-0.4, -0.2) is 35.0 Å². The number of esters is 1. The predicted octanol–water partition coefficient (Wildman–Crippen LogP) is 3.06. The zero-order valence-corrected chi connectivity index (χ0v) is 13.5. The van der Waals surface area contributed by atoms with Crippen LogP contribution in [-0.2, 0) is 14.3 Å². The summed E-state index contributed by atoms with van der Waals surface area (Å²) in [6.45, 7) is 9.54. The van der Waals surface area contributed by atoms with Crippen LogP contribution >= 0.6 is 0 Å². The van der Waals surface area contributed by atoms with Crippen molar-refractivity contribution in [3.8, 4) is 0 Å². The van der Waals surface area contributed by atoms with Gasteiger partial charge in [-0.15, -0.1) is 0 Å². The summed E-state index contributed by atoms with van der Waals surface area (Å²) in [5.41, 5.74) is -0.458. The lowest BCUT2D eigenvalue weighted by Crippen LogP contribution is -2.33. The van der Waals surface area contributed by atoms with E-state index in [4.69, 9.17) is 9.47 Å². The highest BCUT2D eigenvalue weighted by Crippen LogP contribution is 2.29. The highest BCUT2D eigenvalue weighted by Gasteiger charge is 2.35. The Hall–Kier alpha value is -0.610. The van der Waals surface area contributed by atoms with E-state index >= 15 is 0 Å². The molecule has 4 atom stereocenters. The smallest absolute Gasteiger partial charge is 0.311 e. The van der Waals surface area contributed by atoms with Crippen molar-refractivity contribution in [2.75, 3.05) is 0 Å². The molecule has 0 aromatic carbocycles. The van der Waals surface area contributed by atoms with Gasteiger partial charge in [-0.1, -0.05) is 13.3 Å². The van der Waals surface area contributed by atoms with Gasteiger partial charge in [0.25, 0.3) is 0 Å². The summed E-state index contributed by atoms with van der Waals surface area (Å²) in [5, 5.41) is 9.82. The molecule has 4 heteroatoms. The van der Waals surface area contributed by atoms with E-state index in [1.54, 1.807) is 0 Å². The van der Waals surface area contributed by atoms with Gasteiger partial charge in [-0.3, -0.25) is 4.79 Å². The molecule has 1 fully saturated rings. The first-order valence-corrected chi connectivity index (χ1v) is 7.79. The standard InChI is InChI=1S/C16H30O4/c1-6-7-12(17)10-13-8-9-14(19-13)11(2)15(18)20-16(3,4)5/h11-14,17H,6-10H2,1-5H3/t11-,12+,13+,14-/m1/s1. The summed E-state index contributed by atoms with van der Waals surface area (Å²) in [4.78, 5) is 12.0. The Labute approximate surface area is 122 Å². The Morgan fingerprint density at radius 2 is 2.05 bits per heavy atom. The molecule has 1 N–H and O–H groups in total. The lowest BCUT2D eigenvalue weighted by molar-refractivity contribution is -0.164. The van der Waals surface area contributed by atoms with Crippen molar-refractivity contribution < 1.29 is 19.4 Å². The van der Waals surface area contributed by atoms with E-state index in [1.165, 1.54) is 0 Å². The van der Waals surface area contributed by atoms with Crippen LogP contribution < -0.4 is 0 Å². The second-order valence-electron chi connectivity index (χ2n) is 6.87. The fourth-order valence-electron chi connectivity index (χ4n) is 2.58. The largest absolute Gasteiger partial charge is 0.460 e. The van der Waals surface area contributed by atoms with E-state index in [2.05, 4.69) is 6.92 Å². The van der Waals surface area contributed by atoms with Crippen LogP contribution in [0.2, 0.25) is 0 Å². The summed E-state index contributed by atoms with van der Waals surface area (Å²) < 4.78 is 11.3. The number of carbonyl (C=O) groups excluding carboxylic acids is 1. The third-order valence-corrected chi connectivity index (χ3v) is 3.63. The predicted molar refractivity (Wildman–Crippen MR) is 78.4 cm³/mol. The number of aliphatic hydroxyl groups is 1. The minimum Gasteiger partial charge on any atom is -0.460 e. The minimum atomic E-state index is -0.458. The molecule has 0 aliphatic carbocycles. The maximum Gasteiger partial charge on any atom is 0.311 e. The van der Waals surface area contributed by atoms with E-state index in [0.717, 1.165) is 25.7 Å². The van der Waals surface area contributed by atoms with Crippen LogP contribution in [0, 0.1) is 5.92 Å². The Bertz CT molecular complexity index is 308. The number of hydrogen-bond donors (Lipinski definition) is 1. The normalized spacial score (nSPS) is 26.3. The van der Waals surface area contributed by atoms with Crippen LogP contribution in [0.1, 0.15) is 66.7 Å². The Balaban J connectivity index is 2.41. The summed E-state index contributed by atoms with van der Waals surface area (Å²) in [6.07, 6.45) is 3.95. The molecular formula is C16H30O4. The maximum atomic E-state index is 12.0. The highest BCUT2D eigenvalue weighted by molar-refractivity contribution is 5.73. The number of ether oxygens (including phenoxy) is 2. The highest BCUT2D eigenvalue weighted by atomic mass is 16.6. The van der Waals surface area contributed by atoms with E-state index < -0.39 is 5.60 Å². The van der Waals surface area contributed by atoms with Gasteiger partial charge in [0.15, 0.2) is 0 Å². The van der Waals surface area contributed by atoms with Gasteiger partial charge in [0.05, 0.1) is 24.2 Å². The fourth-order valence-corrected chi connectivity index (χ4v) is 2.58. The number of hydrogen-bond acceptors (Lipinski definition) is 4. The first-order valence-electron chi connectivity index (χ1n) is 7.79. The zero-order chi connectivity index (χ0) is 15.3. The van der Waals surface area contributed by atoms with E-state index in [1.807, 2.05) is 27.7 Å². The van der Waals surface area contributed by atoms with Crippen molar-refractivity contribution in [2.45, 2.75) is 90.6 Å². The minimum absolute atomic E-state index is 0.0754. The summed E-state index contributed by atoms with van der Waals surface area (Å²) in [6, 6.07) is 0. The molecule has 0 unspecified atom stereocenters. The molecule has 0 bridgehead atoms. The summed E-state index contributed by atoms with van der Waals surface area (Å²) >= 11 is 0. The number of rotatable bonds is 6. The lowest BCUT2D eigenvalue weighted by Gasteiger charge is -2.25. The van der Waals surface area contributed by atoms with Gasteiger partial charge in [0.1, 0.15) is 5.60 Å². The Kier molecular flexibility index (Phi) is 6.46. The van der Waals surface area contributed by atoms with E-state index in [9.17, 15) is 9.90 Å². The molecule has 20 heavy (non-hydrogen) atoms. The SMILES string of the molecule is CCC[C@H](O)C[C@@H]1CC[C@H]([C@@H](C)C(=O)OC(C)(C)C)O1. The molecule has 0 radical (unpaired) electrons. The molecule has 0 aromatic heterocycles. The van der Waals surface area contributed by atoms with Crippen molar-refractivity contribution in [1.29, 1.82) is 0 Å². The Morgan fingerprint density at radius 1 is 1.40 bits per heavy atom. The quantitative estimate of drug-likeness (QED) is 0.762. The van der Waals surface area contributed by atoms with Gasteiger partial charge >= 0.3 is 5.97 Å². The first kappa shape index (κ1) is 17.4. The van der Waals surface area contributed by atoms with Crippen LogP contribution in [0.15, 0.2) is 0 Å². The molecule has 0 spiro atoms. The second kappa shape index (κ2) is 7.41. The maximum absolute atomic E-state index is 12.0. The molecule has 1 aliphatic heterocycles. The monoisotopic (exact) mass is 286 g/mol. The fraction of sp³-hybridized carbons (Fsp3) is 0.938. The summed E-state index contributed by atoms with van der Waals surface area (Å²) in [5.74, 6) is -0.445. The number of aliphatic hydroxyl groups excluding tert-OH is 1.